The Hall–Kier alpha value is -1.39. The Morgan fingerprint density at radius 3 is 2.09 bits per heavy atom. The third-order valence-electron chi connectivity index (χ3n) is 2.55. The van der Waals surface area contributed by atoms with Gasteiger partial charge in [-0.25, -0.2) is 4.39 Å². The number of hydrogen-bond donors (Lipinski definition) is 2. The third kappa shape index (κ3) is 23.7. The first-order valence-corrected chi connectivity index (χ1v) is 7.98. The molecule has 0 radical (unpaired) electrons. The number of carbonyl (C=O) groups excluding carboxylic acids is 2. The van der Waals surface area contributed by atoms with Crippen LogP contribution in [-0.2, 0) is 9.59 Å². The van der Waals surface area contributed by atoms with Gasteiger partial charge in [0.15, 0.2) is 0 Å². The summed E-state index contributed by atoms with van der Waals surface area (Å²) in [7, 11) is 0. The van der Waals surface area contributed by atoms with Crippen molar-refractivity contribution in [3.63, 3.8) is 0 Å². The number of nitrogens with one attached hydrogen (secondary N) is 1. The summed E-state index contributed by atoms with van der Waals surface area (Å²) >= 11 is 0. The molecule has 0 aromatic heterocycles. The maximum atomic E-state index is 13.4. The highest BCUT2D eigenvalue weighted by Crippen LogP contribution is 2.17. The lowest BCUT2D eigenvalue weighted by Crippen LogP contribution is -2.24. The summed E-state index contributed by atoms with van der Waals surface area (Å²) in [5.41, 5.74) is 4.29. The summed E-state index contributed by atoms with van der Waals surface area (Å²) in [4.78, 5) is 20.7. The zero-order valence-electron chi connectivity index (χ0n) is 14.8. The highest BCUT2D eigenvalue weighted by molar-refractivity contribution is 5.76. The van der Waals surface area contributed by atoms with E-state index in [4.69, 9.17) is 0 Å². The number of allylic oxidation sites excluding steroid dienone is 1. The lowest BCUT2D eigenvalue weighted by Gasteiger charge is -2.12. The molecule has 0 aliphatic heterocycles. The Balaban J connectivity index is 0. The Labute approximate surface area is 134 Å². The van der Waals surface area contributed by atoms with Crippen LogP contribution in [0.4, 0.5) is 4.39 Å². The molecule has 0 saturated heterocycles. The molecule has 0 rings (SSSR count). The van der Waals surface area contributed by atoms with E-state index in [1.54, 1.807) is 6.08 Å². The summed E-state index contributed by atoms with van der Waals surface area (Å²) < 4.78 is 13.4. The van der Waals surface area contributed by atoms with Crippen LogP contribution in [0.5, 0.6) is 0 Å². The molecule has 22 heavy (non-hydrogen) atoms. The summed E-state index contributed by atoms with van der Waals surface area (Å²) in [6, 6.07) is 0. The van der Waals surface area contributed by atoms with Crippen molar-refractivity contribution in [1.29, 1.82) is 0 Å². The first kappa shape index (κ1) is 22.9. The van der Waals surface area contributed by atoms with Crippen LogP contribution in [0, 0.1) is 5.41 Å². The van der Waals surface area contributed by atoms with Crippen molar-refractivity contribution in [2.24, 2.45) is 11.1 Å². The third-order valence-corrected chi connectivity index (χ3v) is 2.55. The molecule has 0 aliphatic carbocycles. The van der Waals surface area contributed by atoms with E-state index < -0.39 is 0 Å². The number of unbranched alkanes of at least 4 members (excludes halogenated alkanes) is 4. The lowest BCUT2D eigenvalue weighted by atomic mass is 9.96. The van der Waals surface area contributed by atoms with Gasteiger partial charge >= 0.3 is 0 Å². The highest BCUT2D eigenvalue weighted by Gasteiger charge is 2.09. The van der Waals surface area contributed by atoms with Crippen molar-refractivity contribution in [2.75, 3.05) is 6.54 Å². The number of amides is 2. The van der Waals surface area contributed by atoms with Crippen LogP contribution >= 0.6 is 0 Å². The van der Waals surface area contributed by atoms with E-state index in [2.05, 4.69) is 18.0 Å². The zero-order valence-corrected chi connectivity index (χ0v) is 14.8. The molecule has 3 N–H and O–H groups in total. The quantitative estimate of drug-likeness (QED) is 0.667. The van der Waals surface area contributed by atoms with Gasteiger partial charge in [-0.05, 0) is 17.9 Å². The minimum atomic E-state index is -0.333. The van der Waals surface area contributed by atoms with Crippen molar-refractivity contribution in [1.82, 2.24) is 5.32 Å². The second kappa shape index (κ2) is 13.3. The second-order valence-corrected chi connectivity index (χ2v) is 6.51. The fourth-order valence-corrected chi connectivity index (χ4v) is 1.68. The van der Waals surface area contributed by atoms with E-state index in [0.29, 0.717) is 6.42 Å². The summed E-state index contributed by atoms with van der Waals surface area (Å²) in [6.45, 7) is 9.29. The van der Waals surface area contributed by atoms with Gasteiger partial charge in [0.25, 0.3) is 0 Å². The molecular formula is C17H33FN2O2. The van der Waals surface area contributed by atoms with Crippen LogP contribution in [0.2, 0.25) is 0 Å². The molecule has 0 aromatic carbocycles. The maximum Gasteiger partial charge on any atom is 0.220 e. The molecular weight excluding hydrogens is 283 g/mol. The van der Waals surface area contributed by atoms with Crippen molar-refractivity contribution in [3.05, 3.63) is 11.9 Å². The molecule has 0 aromatic rings. The number of carbonyl (C=O) groups is 2. The molecule has 0 atom stereocenters. The minimum absolute atomic E-state index is 0.0189. The second-order valence-electron chi connectivity index (χ2n) is 6.51. The lowest BCUT2D eigenvalue weighted by molar-refractivity contribution is -0.121. The van der Waals surface area contributed by atoms with Gasteiger partial charge < -0.3 is 11.1 Å². The van der Waals surface area contributed by atoms with Crippen molar-refractivity contribution in [2.45, 2.75) is 73.1 Å². The molecule has 2 amide bonds. The largest absolute Gasteiger partial charge is 0.370 e. The standard InChI is InChI=1S/C15H28FNO.C2H5NO/c1-5-6-7-8-9-10-14(18)17-12-13(16)11-15(2,3)4;1-2(3)4/h11H,5-10,12H2,1-4H3,(H,17,18);1H3,(H2,3,4)/b13-11+;. The molecule has 0 heterocycles. The van der Waals surface area contributed by atoms with Gasteiger partial charge in [0, 0.05) is 13.3 Å². The van der Waals surface area contributed by atoms with Gasteiger partial charge in [-0.15, -0.1) is 0 Å². The van der Waals surface area contributed by atoms with Crippen molar-refractivity contribution in [3.8, 4) is 0 Å². The van der Waals surface area contributed by atoms with Crippen LogP contribution in [-0.4, -0.2) is 18.4 Å². The first-order chi connectivity index (χ1) is 10.1. The van der Waals surface area contributed by atoms with Crippen LogP contribution in [0.1, 0.15) is 73.1 Å². The average molecular weight is 316 g/mol. The van der Waals surface area contributed by atoms with Gasteiger partial charge in [-0.1, -0.05) is 53.4 Å². The van der Waals surface area contributed by atoms with Gasteiger partial charge in [0.1, 0.15) is 5.83 Å². The highest BCUT2D eigenvalue weighted by atomic mass is 19.1. The van der Waals surface area contributed by atoms with Gasteiger partial charge in [0.2, 0.25) is 11.8 Å². The molecule has 130 valence electrons. The first-order valence-electron chi connectivity index (χ1n) is 7.98. The van der Waals surface area contributed by atoms with E-state index in [1.165, 1.54) is 26.2 Å². The van der Waals surface area contributed by atoms with E-state index in [9.17, 15) is 14.0 Å². The smallest absolute Gasteiger partial charge is 0.220 e. The fraction of sp³-hybridized carbons (Fsp3) is 0.765. The number of nitrogens with two attached hydrogens (primary N) is 1. The Morgan fingerprint density at radius 2 is 1.64 bits per heavy atom. The van der Waals surface area contributed by atoms with Gasteiger partial charge in [-0.2, -0.15) is 0 Å². The summed E-state index contributed by atoms with van der Waals surface area (Å²) in [5.74, 6) is -0.647. The number of rotatable bonds is 8. The fourth-order valence-electron chi connectivity index (χ4n) is 1.68. The predicted molar refractivity (Wildman–Crippen MR) is 89.9 cm³/mol. The molecule has 0 saturated carbocycles. The molecule has 0 fully saturated rings. The van der Waals surface area contributed by atoms with Crippen LogP contribution in [0.15, 0.2) is 11.9 Å². The van der Waals surface area contributed by atoms with Gasteiger partial charge in [-0.3, -0.25) is 9.59 Å². The van der Waals surface area contributed by atoms with E-state index >= 15 is 0 Å². The average Bonchev–Trinajstić information content (AvgIpc) is 2.33. The van der Waals surface area contributed by atoms with Crippen LogP contribution in [0.25, 0.3) is 0 Å². The SMILES string of the molecule is CC(N)=O.CCCCCCCC(=O)NC/C(F)=C\C(C)(C)C. The maximum absolute atomic E-state index is 13.4. The van der Waals surface area contributed by atoms with E-state index in [-0.39, 0.29) is 29.6 Å². The summed E-state index contributed by atoms with van der Waals surface area (Å²) in [6.07, 6.45) is 7.65. The minimum Gasteiger partial charge on any atom is -0.370 e. The van der Waals surface area contributed by atoms with E-state index in [0.717, 1.165) is 12.8 Å². The molecule has 0 unspecified atom stereocenters. The molecule has 0 bridgehead atoms. The number of primary amides is 1. The topological polar surface area (TPSA) is 72.2 Å². The molecule has 0 spiro atoms. The number of halogens is 1. The Kier molecular flexibility index (Phi) is 13.8. The predicted octanol–water partition coefficient (Wildman–Crippen LogP) is 3.85. The molecule has 0 aliphatic rings. The number of hydrogen-bond acceptors (Lipinski definition) is 2. The monoisotopic (exact) mass is 316 g/mol. The van der Waals surface area contributed by atoms with Crippen LogP contribution in [0.3, 0.4) is 0 Å². The normalized spacial score (nSPS) is 11.5. The molecule has 4 nitrogen and oxygen atoms in total. The summed E-state index contributed by atoms with van der Waals surface area (Å²) in [5, 5.41) is 2.61. The van der Waals surface area contributed by atoms with Crippen molar-refractivity contribution < 1.29 is 14.0 Å². The Bertz CT molecular complexity index is 343. The molecule has 5 heteroatoms. The van der Waals surface area contributed by atoms with Crippen molar-refractivity contribution >= 4 is 11.8 Å². The van der Waals surface area contributed by atoms with Gasteiger partial charge in [0.05, 0.1) is 6.54 Å². The zero-order chi connectivity index (χ0) is 17.6. The van der Waals surface area contributed by atoms with Crippen LogP contribution < -0.4 is 11.1 Å². The van der Waals surface area contributed by atoms with E-state index in [1.807, 2.05) is 20.8 Å². The Morgan fingerprint density at radius 1 is 1.14 bits per heavy atom.